The molecule has 0 aliphatic carbocycles. The van der Waals surface area contributed by atoms with Crippen LogP contribution >= 0.6 is 11.3 Å². The van der Waals surface area contributed by atoms with E-state index in [2.05, 4.69) is 57.8 Å². The Labute approximate surface area is 155 Å². The van der Waals surface area contributed by atoms with Crippen molar-refractivity contribution < 1.29 is 4.79 Å². The number of hydrogen-bond acceptors (Lipinski definition) is 3. The number of aryl methyl sites for hydroxylation is 1. The Hall–Kier alpha value is -1.65. The van der Waals surface area contributed by atoms with Gasteiger partial charge in [0.2, 0.25) is 5.91 Å². The highest BCUT2D eigenvalue weighted by Crippen LogP contribution is 2.26. The summed E-state index contributed by atoms with van der Waals surface area (Å²) < 4.78 is 0. The van der Waals surface area contributed by atoms with E-state index >= 15 is 0 Å². The maximum absolute atomic E-state index is 12.6. The molecule has 1 aliphatic rings. The van der Waals surface area contributed by atoms with E-state index in [1.165, 1.54) is 11.1 Å². The normalized spacial score (nSPS) is 16.1. The van der Waals surface area contributed by atoms with Gasteiger partial charge >= 0.3 is 0 Å². The minimum absolute atomic E-state index is 0.237. The summed E-state index contributed by atoms with van der Waals surface area (Å²) >= 11 is 1.76. The van der Waals surface area contributed by atoms with E-state index in [-0.39, 0.29) is 5.91 Å². The number of thiophene rings is 1. The lowest BCUT2D eigenvalue weighted by atomic mass is 10.0. The van der Waals surface area contributed by atoms with E-state index in [9.17, 15) is 4.79 Å². The molecule has 3 rings (SSSR count). The van der Waals surface area contributed by atoms with Crippen LogP contribution in [0.15, 0.2) is 41.1 Å². The van der Waals surface area contributed by atoms with E-state index in [4.69, 9.17) is 0 Å². The zero-order valence-corrected chi connectivity index (χ0v) is 16.1. The van der Waals surface area contributed by atoms with Crippen LogP contribution in [0.3, 0.4) is 0 Å². The number of rotatable bonds is 6. The summed E-state index contributed by atoms with van der Waals surface area (Å²) in [5, 5.41) is 4.37. The second-order valence-electron chi connectivity index (χ2n) is 6.78. The molecule has 134 valence electrons. The molecule has 1 aromatic heterocycles. The molecule has 0 atom stereocenters. The molecule has 1 aromatic carbocycles. The van der Waals surface area contributed by atoms with Crippen molar-refractivity contribution in [2.75, 3.05) is 18.0 Å². The van der Waals surface area contributed by atoms with Crippen LogP contribution in [0.4, 0.5) is 5.69 Å². The van der Waals surface area contributed by atoms with Crippen LogP contribution in [0.1, 0.15) is 44.2 Å². The molecular weight excluding hydrogens is 328 g/mol. The Balaban J connectivity index is 1.66. The lowest BCUT2D eigenvalue weighted by Crippen LogP contribution is -2.47. The van der Waals surface area contributed by atoms with E-state index in [0.29, 0.717) is 12.5 Å². The number of hydrogen-bond donors (Lipinski definition) is 0. The van der Waals surface area contributed by atoms with Gasteiger partial charge in [-0.3, -0.25) is 9.69 Å². The predicted octanol–water partition coefficient (Wildman–Crippen LogP) is 4.72. The third-order valence-electron chi connectivity index (χ3n) is 5.10. The summed E-state index contributed by atoms with van der Waals surface area (Å²) in [5.41, 5.74) is 3.78. The third kappa shape index (κ3) is 4.50. The van der Waals surface area contributed by atoms with Gasteiger partial charge in [-0.05, 0) is 59.3 Å². The monoisotopic (exact) mass is 356 g/mol. The largest absolute Gasteiger partial charge is 0.309 e. The number of carbonyl (C=O) groups excluding carboxylic acids is 1. The molecule has 1 saturated heterocycles. The summed E-state index contributed by atoms with van der Waals surface area (Å²) in [6.07, 6.45) is 3.68. The Morgan fingerprint density at radius 2 is 1.84 bits per heavy atom. The first-order valence-corrected chi connectivity index (χ1v) is 10.3. The molecule has 2 heterocycles. The van der Waals surface area contributed by atoms with Gasteiger partial charge in [0.15, 0.2) is 0 Å². The topological polar surface area (TPSA) is 23.6 Å². The van der Waals surface area contributed by atoms with Crippen LogP contribution in [0, 0.1) is 0 Å². The Morgan fingerprint density at radius 1 is 1.12 bits per heavy atom. The number of nitrogens with zero attached hydrogens (tertiary/aromatic N) is 2. The molecule has 1 fully saturated rings. The minimum Gasteiger partial charge on any atom is -0.309 e. The lowest BCUT2D eigenvalue weighted by Gasteiger charge is -2.38. The first kappa shape index (κ1) is 18.2. The van der Waals surface area contributed by atoms with Crippen LogP contribution in [0.2, 0.25) is 0 Å². The van der Waals surface area contributed by atoms with Crippen molar-refractivity contribution in [2.24, 2.45) is 0 Å². The van der Waals surface area contributed by atoms with Crippen LogP contribution in [-0.2, 0) is 17.8 Å². The second kappa shape index (κ2) is 8.63. The first-order chi connectivity index (χ1) is 12.2. The Bertz CT molecular complexity index is 658. The molecule has 0 radical (unpaired) electrons. The smallest absolute Gasteiger partial charge is 0.226 e. The summed E-state index contributed by atoms with van der Waals surface area (Å²) in [7, 11) is 0. The van der Waals surface area contributed by atoms with Crippen molar-refractivity contribution >= 4 is 22.9 Å². The van der Waals surface area contributed by atoms with Gasteiger partial charge in [0, 0.05) is 37.8 Å². The van der Waals surface area contributed by atoms with Crippen molar-refractivity contribution in [3.8, 4) is 0 Å². The Morgan fingerprint density at radius 3 is 2.40 bits per heavy atom. The lowest BCUT2D eigenvalue weighted by molar-refractivity contribution is -0.119. The first-order valence-electron chi connectivity index (χ1n) is 9.35. The average molecular weight is 357 g/mol. The quantitative estimate of drug-likeness (QED) is 0.748. The van der Waals surface area contributed by atoms with Gasteiger partial charge in [-0.1, -0.05) is 26.0 Å². The number of anilines is 1. The van der Waals surface area contributed by atoms with Crippen LogP contribution in [-0.4, -0.2) is 29.9 Å². The van der Waals surface area contributed by atoms with E-state index in [1.54, 1.807) is 11.3 Å². The van der Waals surface area contributed by atoms with Gasteiger partial charge in [-0.15, -0.1) is 0 Å². The molecular formula is C21H28N2OS. The van der Waals surface area contributed by atoms with E-state index in [0.717, 1.165) is 44.6 Å². The molecule has 2 aromatic rings. The van der Waals surface area contributed by atoms with Gasteiger partial charge in [0.1, 0.15) is 0 Å². The molecule has 0 saturated carbocycles. The SMILES string of the molecule is CCC(=O)N(c1ccc(CC)cc1)C1CCN(Cc2ccsc2)CC1. The standard InChI is InChI=1S/C21H28N2OS/c1-3-17-5-7-19(8-6-17)23(21(24)4-2)20-9-12-22(13-10-20)15-18-11-14-25-16-18/h5-8,11,14,16,20H,3-4,9-10,12-13,15H2,1-2H3. The molecule has 4 heteroatoms. The maximum Gasteiger partial charge on any atom is 0.226 e. The van der Waals surface area contributed by atoms with Gasteiger partial charge < -0.3 is 4.90 Å². The molecule has 1 aliphatic heterocycles. The number of carbonyl (C=O) groups is 1. The number of benzene rings is 1. The average Bonchev–Trinajstić information content (AvgIpc) is 3.17. The van der Waals surface area contributed by atoms with Crippen LogP contribution in [0.5, 0.6) is 0 Å². The second-order valence-corrected chi connectivity index (χ2v) is 7.56. The summed E-state index contributed by atoms with van der Waals surface area (Å²) in [5.74, 6) is 0.237. The zero-order valence-electron chi connectivity index (χ0n) is 15.3. The molecule has 25 heavy (non-hydrogen) atoms. The maximum atomic E-state index is 12.6. The molecule has 1 amide bonds. The molecule has 0 unspecified atom stereocenters. The van der Waals surface area contributed by atoms with Crippen molar-refractivity contribution in [3.63, 3.8) is 0 Å². The fourth-order valence-corrected chi connectivity index (χ4v) is 4.26. The Kier molecular flexibility index (Phi) is 6.27. The van der Waals surface area contributed by atoms with Gasteiger partial charge in [0.25, 0.3) is 0 Å². The van der Waals surface area contributed by atoms with Gasteiger partial charge in [0.05, 0.1) is 0 Å². The van der Waals surface area contributed by atoms with Crippen LogP contribution < -0.4 is 4.90 Å². The highest BCUT2D eigenvalue weighted by atomic mass is 32.1. The van der Waals surface area contributed by atoms with Crippen molar-refractivity contribution in [3.05, 3.63) is 52.2 Å². The summed E-state index contributed by atoms with van der Waals surface area (Å²) in [4.78, 5) is 17.2. The fraction of sp³-hybridized carbons (Fsp3) is 0.476. The molecule has 0 spiro atoms. The molecule has 0 N–H and O–H groups in total. The van der Waals surface area contributed by atoms with Gasteiger partial charge in [-0.2, -0.15) is 11.3 Å². The highest BCUT2D eigenvalue weighted by molar-refractivity contribution is 7.07. The molecule has 3 nitrogen and oxygen atoms in total. The van der Waals surface area contributed by atoms with Crippen molar-refractivity contribution in [2.45, 2.75) is 52.1 Å². The summed E-state index contributed by atoms with van der Waals surface area (Å²) in [6.45, 7) is 7.26. The number of amides is 1. The highest BCUT2D eigenvalue weighted by Gasteiger charge is 2.28. The van der Waals surface area contributed by atoms with Crippen molar-refractivity contribution in [1.82, 2.24) is 4.90 Å². The predicted molar refractivity (Wildman–Crippen MR) is 106 cm³/mol. The molecule has 0 bridgehead atoms. The summed E-state index contributed by atoms with van der Waals surface area (Å²) in [6, 6.07) is 11.1. The fourth-order valence-electron chi connectivity index (χ4n) is 3.60. The van der Waals surface area contributed by atoms with Crippen LogP contribution in [0.25, 0.3) is 0 Å². The van der Waals surface area contributed by atoms with E-state index < -0.39 is 0 Å². The van der Waals surface area contributed by atoms with Gasteiger partial charge in [-0.25, -0.2) is 0 Å². The van der Waals surface area contributed by atoms with E-state index in [1.807, 2.05) is 6.92 Å². The minimum atomic E-state index is 0.237. The number of likely N-dealkylation sites (tertiary alicyclic amines) is 1. The third-order valence-corrected chi connectivity index (χ3v) is 5.83. The zero-order chi connectivity index (χ0) is 17.6. The van der Waals surface area contributed by atoms with Crippen molar-refractivity contribution in [1.29, 1.82) is 0 Å². The number of piperidine rings is 1.